The number of aromatic nitrogens is 1. The van der Waals surface area contributed by atoms with Gasteiger partial charge in [0, 0.05) is 17.2 Å². The van der Waals surface area contributed by atoms with E-state index in [9.17, 15) is 4.79 Å². The molecule has 1 unspecified atom stereocenters. The second-order valence-electron chi connectivity index (χ2n) is 5.11. The average molecular weight is 398 g/mol. The van der Waals surface area contributed by atoms with E-state index in [1.807, 2.05) is 32.0 Å². The van der Waals surface area contributed by atoms with Crippen LogP contribution < -0.4 is 9.64 Å². The molecule has 1 aromatic carbocycles. The SMILES string of the molecule is CCN(C(=O)C(C)Oc1cc(C)ccc1Cl)c1ccc(Br)cn1. The van der Waals surface area contributed by atoms with E-state index in [1.54, 1.807) is 30.2 Å². The number of hydrogen-bond donors (Lipinski definition) is 0. The number of anilines is 1. The van der Waals surface area contributed by atoms with Crippen molar-refractivity contribution in [3.05, 3.63) is 51.6 Å². The lowest BCUT2D eigenvalue weighted by atomic mass is 10.2. The minimum absolute atomic E-state index is 0.167. The summed E-state index contributed by atoms with van der Waals surface area (Å²) in [5.74, 6) is 0.929. The molecule has 2 rings (SSSR count). The first-order valence-electron chi connectivity index (χ1n) is 7.28. The highest BCUT2D eigenvalue weighted by Gasteiger charge is 2.23. The van der Waals surface area contributed by atoms with Gasteiger partial charge in [-0.15, -0.1) is 0 Å². The molecule has 0 bridgehead atoms. The standard InChI is InChI=1S/C17H18BrClN2O2/c1-4-21(16-8-6-13(18)10-20-16)17(22)12(3)23-15-9-11(2)5-7-14(15)19/h5-10,12H,4H2,1-3H3. The molecular weight excluding hydrogens is 380 g/mol. The van der Waals surface area contributed by atoms with E-state index in [2.05, 4.69) is 20.9 Å². The molecule has 0 saturated carbocycles. The van der Waals surface area contributed by atoms with Crippen LogP contribution in [-0.4, -0.2) is 23.5 Å². The van der Waals surface area contributed by atoms with Gasteiger partial charge in [0.15, 0.2) is 6.10 Å². The van der Waals surface area contributed by atoms with Crippen LogP contribution in [-0.2, 0) is 4.79 Å². The zero-order valence-corrected chi connectivity index (χ0v) is 15.6. The van der Waals surface area contributed by atoms with Crippen molar-refractivity contribution in [1.29, 1.82) is 0 Å². The fourth-order valence-electron chi connectivity index (χ4n) is 2.12. The number of amides is 1. The van der Waals surface area contributed by atoms with Gasteiger partial charge in [-0.2, -0.15) is 0 Å². The number of carbonyl (C=O) groups is 1. The fourth-order valence-corrected chi connectivity index (χ4v) is 2.52. The van der Waals surface area contributed by atoms with E-state index < -0.39 is 6.10 Å². The van der Waals surface area contributed by atoms with Gasteiger partial charge in [0.25, 0.3) is 5.91 Å². The number of hydrogen-bond acceptors (Lipinski definition) is 3. The molecule has 0 aliphatic heterocycles. The van der Waals surface area contributed by atoms with E-state index in [4.69, 9.17) is 16.3 Å². The molecule has 1 heterocycles. The maximum Gasteiger partial charge on any atom is 0.268 e. The zero-order valence-electron chi connectivity index (χ0n) is 13.2. The zero-order chi connectivity index (χ0) is 17.0. The van der Waals surface area contributed by atoms with Crippen LogP contribution in [0.1, 0.15) is 19.4 Å². The molecule has 23 heavy (non-hydrogen) atoms. The van der Waals surface area contributed by atoms with Crippen LogP contribution in [0.25, 0.3) is 0 Å². The number of nitrogens with zero attached hydrogens (tertiary/aromatic N) is 2. The topological polar surface area (TPSA) is 42.4 Å². The summed E-state index contributed by atoms with van der Waals surface area (Å²) >= 11 is 9.46. The third kappa shape index (κ3) is 4.45. The molecule has 0 aliphatic rings. The molecule has 0 fully saturated rings. The fraction of sp³-hybridized carbons (Fsp3) is 0.294. The summed E-state index contributed by atoms with van der Waals surface area (Å²) in [4.78, 5) is 18.5. The minimum atomic E-state index is -0.667. The Balaban J connectivity index is 2.16. The van der Waals surface area contributed by atoms with Crippen LogP contribution in [0.5, 0.6) is 5.75 Å². The maximum absolute atomic E-state index is 12.7. The Morgan fingerprint density at radius 2 is 2.13 bits per heavy atom. The normalized spacial score (nSPS) is 11.9. The van der Waals surface area contributed by atoms with Crippen molar-refractivity contribution in [3.63, 3.8) is 0 Å². The molecule has 6 heteroatoms. The summed E-state index contributed by atoms with van der Waals surface area (Å²) in [6, 6.07) is 9.11. The van der Waals surface area contributed by atoms with Gasteiger partial charge in [0.05, 0.1) is 5.02 Å². The van der Waals surface area contributed by atoms with Crippen LogP contribution in [0.3, 0.4) is 0 Å². The maximum atomic E-state index is 12.7. The molecule has 1 aromatic heterocycles. The largest absolute Gasteiger partial charge is 0.479 e. The lowest BCUT2D eigenvalue weighted by Gasteiger charge is -2.24. The van der Waals surface area contributed by atoms with Crippen LogP contribution in [0, 0.1) is 6.92 Å². The second kappa shape index (κ2) is 7.79. The van der Waals surface area contributed by atoms with E-state index in [0.717, 1.165) is 10.0 Å². The van der Waals surface area contributed by atoms with Crippen LogP contribution >= 0.6 is 27.5 Å². The van der Waals surface area contributed by atoms with Crippen molar-refractivity contribution in [2.45, 2.75) is 26.9 Å². The van der Waals surface area contributed by atoms with E-state index in [1.165, 1.54) is 0 Å². The first-order valence-corrected chi connectivity index (χ1v) is 8.45. The summed E-state index contributed by atoms with van der Waals surface area (Å²) in [5, 5.41) is 0.486. The summed E-state index contributed by atoms with van der Waals surface area (Å²) < 4.78 is 6.62. The van der Waals surface area contributed by atoms with Crippen molar-refractivity contribution in [3.8, 4) is 5.75 Å². The van der Waals surface area contributed by atoms with Crippen LogP contribution in [0.4, 0.5) is 5.82 Å². The Hall–Kier alpha value is -1.59. The summed E-state index contributed by atoms with van der Waals surface area (Å²) in [5.41, 5.74) is 1.02. The summed E-state index contributed by atoms with van der Waals surface area (Å²) in [7, 11) is 0. The van der Waals surface area contributed by atoms with Gasteiger partial charge < -0.3 is 4.74 Å². The average Bonchev–Trinajstić information content (AvgIpc) is 2.53. The highest BCUT2D eigenvalue weighted by molar-refractivity contribution is 9.10. The van der Waals surface area contributed by atoms with Crippen molar-refractivity contribution in [1.82, 2.24) is 4.98 Å². The summed E-state index contributed by atoms with van der Waals surface area (Å²) in [6.07, 6.45) is 0.994. The van der Waals surface area contributed by atoms with Gasteiger partial charge >= 0.3 is 0 Å². The van der Waals surface area contributed by atoms with Crippen LogP contribution in [0.2, 0.25) is 5.02 Å². The Morgan fingerprint density at radius 1 is 1.39 bits per heavy atom. The minimum Gasteiger partial charge on any atom is -0.479 e. The molecule has 122 valence electrons. The predicted molar refractivity (Wildman–Crippen MR) is 96.2 cm³/mol. The molecule has 0 saturated heterocycles. The molecule has 0 radical (unpaired) electrons. The third-order valence-electron chi connectivity index (χ3n) is 3.31. The quantitative estimate of drug-likeness (QED) is 0.739. The van der Waals surface area contributed by atoms with Gasteiger partial charge in [0.2, 0.25) is 0 Å². The summed E-state index contributed by atoms with van der Waals surface area (Å²) in [6.45, 7) is 6.05. The van der Waals surface area contributed by atoms with Crippen molar-refractivity contribution in [2.24, 2.45) is 0 Å². The molecule has 0 N–H and O–H groups in total. The number of carbonyl (C=O) groups excluding carboxylic acids is 1. The smallest absolute Gasteiger partial charge is 0.268 e. The number of aryl methyl sites for hydroxylation is 1. The van der Waals surface area contributed by atoms with Gasteiger partial charge in [-0.3, -0.25) is 9.69 Å². The first kappa shape index (κ1) is 17.8. The Labute approximate surface area is 149 Å². The van der Waals surface area contributed by atoms with Crippen molar-refractivity contribution < 1.29 is 9.53 Å². The van der Waals surface area contributed by atoms with Gasteiger partial charge in [-0.05, 0) is 66.5 Å². The number of ether oxygens (including phenoxy) is 1. The van der Waals surface area contributed by atoms with Crippen molar-refractivity contribution in [2.75, 3.05) is 11.4 Å². The number of likely N-dealkylation sites (N-methyl/N-ethyl adjacent to an activating group) is 1. The third-order valence-corrected chi connectivity index (χ3v) is 4.09. The van der Waals surface area contributed by atoms with Gasteiger partial charge in [0.1, 0.15) is 11.6 Å². The molecule has 0 aliphatic carbocycles. The number of benzene rings is 1. The number of rotatable bonds is 5. The lowest BCUT2D eigenvalue weighted by molar-refractivity contribution is -0.124. The van der Waals surface area contributed by atoms with Gasteiger partial charge in [-0.1, -0.05) is 17.7 Å². The second-order valence-corrected chi connectivity index (χ2v) is 6.43. The first-order chi connectivity index (χ1) is 10.9. The van der Waals surface area contributed by atoms with Gasteiger partial charge in [-0.25, -0.2) is 4.98 Å². The molecule has 0 spiro atoms. The monoisotopic (exact) mass is 396 g/mol. The molecule has 4 nitrogen and oxygen atoms in total. The highest BCUT2D eigenvalue weighted by Crippen LogP contribution is 2.27. The Morgan fingerprint density at radius 3 is 2.74 bits per heavy atom. The Kier molecular flexibility index (Phi) is 6.02. The molecule has 1 atom stereocenters. The predicted octanol–water partition coefficient (Wildman–Crippen LogP) is 4.63. The Bertz CT molecular complexity index is 691. The molecule has 2 aromatic rings. The molecule has 1 amide bonds. The molecular formula is C17H18BrClN2O2. The highest BCUT2D eigenvalue weighted by atomic mass is 79.9. The van der Waals surface area contributed by atoms with E-state index >= 15 is 0 Å². The lowest BCUT2D eigenvalue weighted by Crippen LogP contribution is -2.41. The number of halogens is 2. The van der Waals surface area contributed by atoms with Crippen molar-refractivity contribution >= 4 is 39.3 Å². The van der Waals surface area contributed by atoms with Crippen LogP contribution in [0.15, 0.2) is 41.0 Å². The van der Waals surface area contributed by atoms with E-state index in [0.29, 0.717) is 23.1 Å². The van der Waals surface area contributed by atoms with E-state index in [-0.39, 0.29) is 5.91 Å². The number of pyridine rings is 1.